The molecule has 36 heavy (non-hydrogen) atoms. The molecular formula is C27H21N3O5S. The monoisotopic (exact) mass is 499 g/mol. The van der Waals surface area contributed by atoms with Crippen molar-refractivity contribution in [1.82, 2.24) is 10.3 Å². The molecule has 0 aliphatic carbocycles. The summed E-state index contributed by atoms with van der Waals surface area (Å²) in [6.45, 7) is 0.183. The first-order chi connectivity index (χ1) is 17.6. The topological polar surface area (TPSA) is 86.1 Å². The van der Waals surface area contributed by atoms with E-state index in [-0.39, 0.29) is 18.9 Å². The van der Waals surface area contributed by atoms with Crippen molar-refractivity contribution < 1.29 is 23.4 Å². The van der Waals surface area contributed by atoms with Crippen LogP contribution in [0.5, 0.6) is 11.5 Å². The maximum Gasteiger partial charge on any atom is 0.338 e. The molecule has 2 aromatic heterocycles. The Labute approximate surface area is 212 Å². The van der Waals surface area contributed by atoms with Gasteiger partial charge in [-0.15, -0.1) is 0 Å². The summed E-state index contributed by atoms with van der Waals surface area (Å²) in [5, 5.41) is 3.94. The predicted molar refractivity (Wildman–Crippen MR) is 136 cm³/mol. The van der Waals surface area contributed by atoms with Crippen LogP contribution in [0.15, 0.2) is 83.4 Å². The first-order valence-electron chi connectivity index (χ1n) is 11.3. The second-order valence-corrected chi connectivity index (χ2v) is 8.66. The average molecular weight is 500 g/mol. The molecule has 0 bridgehead atoms. The fourth-order valence-electron chi connectivity index (χ4n) is 4.60. The Bertz CT molecular complexity index is 1450. The molecule has 0 amide bonds. The quantitative estimate of drug-likeness (QED) is 0.300. The van der Waals surface area contributed by atoms with Crippen LogP contribution in [0.1, 0.15) is 33.9 Å². The van der Waals surface area contributed by atoms with Crippen LogP contribution in [0.25, 0.3) is 11.3 Å². The highest BCUT2D eigenvalue weighted by molar-refractivity contribution is 7.80. The van der Waals surface area contributed by atoms with Crippen LogP contribution in [0, 0.1) is 0 Å². The van der Waals surface area contributed by atoms with Gasteiger partial charge >= 0.3 is 5.97 Å². The number of benzene rings is 2. The Morgan fingerprint density at radius 1 is 1.06 bits per heavy atom. The number of thiocarbonyl (C=S) groups is 1. The van der Waals surface area contributed by atoms with E-state index < -0.39 is 5.97 Å². The number of hydrogen-bond acceptors (Lipinski definition) is 7. The maximum atomic E-state index is 12.4. The Hall–Kier alpha value is -4.37. The molecule has 180 valence electrons. The number of ether oxygens (including phenoxy) is 3. The molecule has 2 atom stereocenters. The van der Waals surface area contributed by atoms with E-state index in [1.54, 1.807) is 18.3 Å². The van der Waals surface area contributed by atoms with E-state index in [4.69, 9.17) is 30.8 Å². The van der Waals surface area contributed by atoms with Gasteiger partial charge in [0.25, 0.3) is 0 Å². The molecule has 4 aromatic rings. The number of hydrogen-bond donors (Lipinski definition) is 1. The Kier molecular flexibility index (Phi) is 5.54. The number of esters is 1. The Morgan fingerprint density at radius 3 is 2.72 bits per heavy atom. The largest absolute Gasteiger partial charge is 0.465 e. The van der Waals surface area contributed by atoms with Gasteiger partial charge in [-0.3, -0.25) is 4.98 Å². The zero-order valence-corrected chi connectivity index (χ0v) is 20.0. The van der Waals surface area contributed by atoms with Crippen molar-refractivity contribution >= 4 is 29.0 Å². The van der Waals surface area contributed by atoms with E-state index in [1.165, 1.54) is 7.11 Å². The summed E-state index contributed by atoms with van der Waals surface area (Å²) < 4.78 is 22.4. The summed E-state index contributed by atoms with van der Waals surface area (Å²) >= 11 is 5.79. The summed E-state index contributed by atoms with van der Waals surface area (Å²) in [6, 6.07) is 21.8. The highest BCUT2D eigenvalue weighted by Crippen LogP contribution is 2.45. The van der Waals surface area contributed by atoms with E-state index >= 15 is 0 Å². The fraction of sp³-hybridized carbons (Fsp3) is 0.148. The lowest BCUT2D eigenvalue weighted by atomic mass is 10.0. The van der Waals surface area contributed by atoms with Crippen LogP contribution >= 0.6 is 12.2 Å². The van der Waals surface area contributed by atoms with Crippen molar-refractivity contribution in [1.29, 1.82) is 0 Å². The third-order valence-electron chi connectivity index (χ3n) is 6.25. The van der Waals surface area contributed by atoms with Gasteiger partial charge in [0, 0.05) is 23.5 Å². The van der Waals surface area contributed by atoms with Gasteiger partial charge in [0.05, 0.1) is 24.4 Å². The van der Waals surface area contributed by atoms with Gasteiger partial charge in [-0.2, -0.15) is 0 Å². The maximum absolute atomic E-state index is 12.4. The second kappa shape index (κ2) is 9.01. The molecule has 2 aliphatic rings. The molecule has 0 unspecified atom stereocenters. The van der Waals surface area contributed by atoms with Crippen LogP contribution in [-0.4, -0.2) is 30.0 Å². The normalized spacial score (nSPS) is 18.2. The van der Waals surface area contributed by atoms with Gasteiger partial charge in [-0.25, -0.2) is 4.79 Å². The number of rotatable bonds is 5. The summed E-state index contributed by atoms with van der Waals surface area (Å²) in [4.78, 5) is 18.9. The van der Waals surface area contributed by atoms with Crippen molar-refractivity contribution in [2.24, 2.45) is 0 Å². The third-order valence-corrected chi connectivity index (χ3v) is 6.56. The van der Waals surface area contributed by atoms with Crippen LogP contribution < -0.4 is 19.7 Å². The summed E-state index contributed by atoms with van der Waals surface area (Å²) in [5.41, 5.74) is 2.72. The lowest BCUT2D eigenvalue weighted by Gasteiger charge is -2.26. The molecule has 4 heterocycles. The van der Waals surface area contributed by atoms with Gasteiger partial charge in [0.15, 0.2) is 16.6 Å². The second-order valence-electron chi connectivity index (χ2n) is 8.27. The van der Waals surface area contributed by atoms with Gasteiger partial charge in [-0.1, -0.05) is 24.3 Å². The van der Waals surface area contributed by atoms with Crippen LogP contribution in [0.2, 0.25) is 0 Å². The number of fused-ring (bicyclic) bond motifs is 1. The summed E-state index contributed by atoms with van der Waals surface area (Å²) in [5.74, 6) is 2.12. The molecule has 1 N–H and O–H groups in total. The molecule has 2 aromatic carbocycles. The van der Waals surface area contributed by atoms with E-state index in [0.29, 0.717) is 39.3 Å². The Balaban J connectivity index is 1.45. The van der Waals surface area contributed by atoms with Crippen molar-refractivity contribution in [3.63, 3.8) is 0 Å². The smallest absolute Gasteiger partial charge is 0.338 e. The minimum absolute atomic E-state index is 0.183. The molecule has 0 saturated carbocycles. The average Bonchev–Trinajstić information content (AvgIpc) is 3.66. The minimum Gasteiger partial charge on any atom is -0.465 e. The lowest BCUT2D eigenvalue weighted by Crippen LogP contribution is -2.29. The molecule has 0 spiro atoms. The highest BCUT2D eigenvalue weighted by Gasteiger charge is 2.43. The van der Waals surface area contributed by atoms with Gasteiger partial charge in [0.1, 0.15) is 17.6 Å². The van der Waals surface area contributed by atoms with Crippen molar-refractivity contribution in [3.8, 4) is 22.8 Å². The first kappa shape index (κ1) is 22.1. The summed E-state index contributed by atoms with van der Waals surface area (Å²) in [6.07, 6.45) is 1.75. The number of furan rings is 1. The number of nitrogens with one attached hydrogen (secondary N) is 1. The zero-order chi connectivity index (χ0) is 24.6. The van der Waals surface area contributed by atoms with Crippen molar-refractivity contribution in [2.45, 2.75) is 12.1 Å². The molecule has 1 fully saturated rings. The third kappa shape index (κ3) is 3.74. The SMILES string of the molecule is COC(=O)c1ccccc1-c1ccc([C@@H]2[C@@H](c3ccccn3)NC(=S)N2c2ccc3c(c2)OCO3)o1. The molecule has 2 aliphatic heterocycles. The van der Waals surface area contributed by atoms with Crippen molar-refractivity contribution in [3.05, 3.63) is 96.0 Å². The molecule has 9 heteroatoms. The number of methoxy groups -OCH3 is 1. The van der Waals surface area contributed by atoms with E-state index in [2.05, 4.69) is 10.3 Å². The molecule has 1 saturated heterocycles. The number of carbonyl (C=O) groups is 1. The van der Waals surface area contributed by atoms with Crippen molar-refractivity contribution in [2.75, 3.05) is 18.8 Å². The molecular weight excluding hydrogens is 478 g/mol. The molecule has 0 radical (unpaired) electrons. The van der Waals surface area contributed by atoms with Gasteiger partial charge < -0.3 is 28.8 Å². The fourth-order valence-corrected chi connectivity index (χ4v) is 4.95. The standard InChI is InChI=1S/C27H21N3O5S/c1-32-26(31)18-7-3-2-6-17(18)20-11-12-22(35-20)25-24(19-8-4-5-13-28-19)29-27(36)30(25)16-9-10-21-23(14-16)34-15-33-21/h2-14,24-25H,15H2,1H3,(H,29,36)/t24-,25-/m1/s1. The van der Waals surface area contributed by atoms with Crippen LogP contribution in [-0.2, 0) is 4.74 Å². The molecule has 6 rings (SSSR count). The number of pyridine rings is 1. The number of aromatic nitrogens is 1. The number of carbonyl (C=O) groups excluding carboxylic acids is 1. The van der Waals surface area contributed by atoms with E-state index in [9.17, 15) is 4.79 Å². The number of nitrogens with zero attached hydrogens (tertiary/aromatic N) is 2. The zero-order valence-electron chi connectivity index (χ0n) is 19.2. The Morgan fingerprint density at radius 2 is 1.89 bits per heavy atom. The molecule has 8 nitrogen and oxygen atoms in total. The first-order valence-corrected chi connectivity index (χ1v) is 11.7. The van der Waals surface area contributed by atoms with Gasteiger partial charge in [-0.05, 0) is 54.7 Å². The minimum atomic E-state index is -0.430. The van der Waals surface area contributed by atoms with Crippen LogP contribution in [0.3, 0.4) is 0 Å². The van der Waals surface area contributed by atoms with Crippen LogP contribution in [0.4, 0.5) is 5.69 Å². The van der Waals surface area contributed by atoms with Gasteiger partial charge in [0.2, 0.25) is 6.79 Å². The van der Waals surface area contributed by atoms with E-state index in [0.717, 1.165) is 11.4 Å². The number of anilines is 1. The summed E-state index contributed by atoms with van der Waals surface area (Å²) in [7, 11) is 1.36. The predicted octanol–water partition coefficient (Wildman–Crippen LogP) is 5.03. The van der Waals surface area contributed by atoms with E-state index in [1.807, 2.05) is 65.6 Å². The lowest BCUT2D eigenvalue weighted by molar-refractivity contribution is 0.0601. The highest BCUT2D eigenvalue weighted by atomic mass is 32.1.